The molecule has 4 rings (SSSR count). The lowest BCUT2D eigenvalue weighted by atomic mass is 9.97. The number of ether oxygens (including phenoxy) is 1. The zero-order valence-corrected chi connectivity index (χ0v) is 17.0. The van der Waals surface area contributed by atoms with Crippen molar-refractivity contribution in [1.29, 1.82) is 0 Å². The number of rotatable bonds is 4. The van der Waals surface area contributed by atoms with Gasteiger partial charge in [-0.15, -0.1) is 0 Å². The summed E-state index contributed by atoms with van der Waals surface area (Å²) in [6.45, 7) is 2.04. The summed E-state index contributed by atoms with van der Waals surface area (Å²) in [6.07, 6.45) is 2.46. The van der Waals surface area contributed by atoms with Crippen LogP contribution >= 0.6 is 15.9 Å². The number of hydrogen-bond donors (Lipinski definition) is 1. The number of carbonyl (C=O) groups excluding carboxylic acids is 2. The number of nitrogens with one attached hydrogen (secondary N) is 1. The lowest BCUT2D eigenvalue weighted by molar-refractivity contribution is -0.119. The number of allylic oxidation sites excluding steroid dienone is 2. The zero-order chi connectivity index (χ0) is 20.7. The third-order valence-corrected chi connectivity index (χ3v) is 5.56. The Kier molecular flexibility index (Phi) is 5.12. The van der Waals surface area contributed by atoms with Gasteiger partial charge in [0.15, 0.2) is 0 Å². The highest BCUT2D eigenvalue weighted by Gasteiger charge is 2.33. The largest absolute Gasteiger partial charge is 0.442 e. The van der Waals surface area contributed by atoms with Gasteiger partial charge in [0.1, 0.15) is 22.3 Å². The average molecular weight is 467 g/mol. The molecule has 0 aliphatic carbocycles. The number of benzene rings is 1. The van der Waals surface area contributed by atoms with Crippen molar-refractivity contribution in [2.75, 3.05) is 18.0 Å². The van der Waals surface area contributed by atoms with Crippen molar-refractivity contribution in [1.82, 2.24) is 14.9 Å². The first-order chi connectivity index (χ1) is 13.8. The van der Waals surface area contributed by atoms with E-state index in [4.69, 9.17) is 4.74 Å². The second-order valence-electron chi connectivity index (χ2n) is 6.88. The molecule has 0 unspecified atom stereocenters. The predicted octanol–water partition coefficient (Wildman–Crippen LogP) is 3.02. The Morgan fingerprint density at radius 2 is 2.10 bits per heavy atom. The number of carbonyl (C=O) groups is 2. The van der Waals surface area contributed by atoms with Crippen molar-refractivity contribution < 1.29 is 23.1 Å². The molecule has 1 aromatic carbocycles. The molecule has 2 aromatic rings. The Morgan fingerprint density at radius 3 is 2.79 bits per heavy atom. The van der Waals surface area contributed by atoms with Crippen LogP contribution in [0.3, 0.4) is 0 Å². The summed E-state index contributed by atoms with van der Waals surface area (Å²) in [5.74, 6) is -1.77. The van der Waals surface area contributed by atoms with Crippen molar-refractivity contribution in [3.05, 3.63) is 52.0 Å². The van der Waals surface area contributed by atoms with Crippen LogP contribution in [0.2, 0.25) is 0 Å². The molecule has 10 heteroatoms. The Balaban J connectivity index is 1.57. The molecule has 2 amide bonds. The van der Waals surface area contributed by atoms with Gasteiger partial charge >= 0.3 is 6.09 Å². The molecule has 0 bridgehead atoms. The maximum atomic E-state index is 14.9. The summed E-state index contributed by atoms with van der Waals surface area (Å²) >= 11 is 3.35. The molecule has 29 heavy (non-hydrogen) atoms. The van der Waals surface area contributed by atoms with Crippen LogP contribution in [-0.4, -0.2) is 40.7 Å². The van der Waals surface area contributed by atoms with Gasteiger partial charge in [-0.25, -0.2) is 18.6 Å². The fourth-order valence-corrected chi connectivity index (χ4v) is 3.94. The highest BCUT2D eigenvalue weighted by Crippen LogP contribution is 2.34. The van der Waals surface area contributed by atoms with E-state index in [1.165, 1.54) is 6.92 Å². The van der Waals surface area contributed by atoms with Crippen molar-refractivity contribution in [2.45, 2.75) is 26.0 Å². The van der Waals surface area contributed by atoms with Crippen LogP contribution in [0.4, 0.5) is 19.3 Å². The summed E-state index contributed by atoms with van der Waals surface area (Å²) in [7, 11) is 0. The number of hydrogen-bond acceptors (Lipinski definition) is 4. The van der Waals surface area contributed by atoms with E-state index in [0.29, 0.717) is 23.1 Å². The minimum atomic E-state index is -0.756. The van der Waals surface area contributed by atoms with Gasteiger partial charge in [-0.2, -0.15) is 0 Å². The molecule has 1 saturated heterocycles. The summed E-state index contributed by atoms with van der Waals surface area (Å²) in [6, 6.07) is 2.25. The van der Waals surface area contributed by atoms with E-state index in [0.717, 1.165) is 22.7 Å². The highest BCUT2D eigenvalue weighted by molar-refractivity contribution is 9.10. The summed E-state index contributed by atoms with van der Waals surface area (Å²) in [5, 5.41) is 2.56. The number of cyclic esters (lactones) is 1. The summed E-state index contributed by atoms with van der Waals surface area (Å²) in [4.78, 5) is 28.4. The highest BCUT2D eigenvalue weighted by atomic mass is 79.9. The third kappa shape index (κ3) is 3.76. The van der Waals surface area contributed by atoms with Crippen LogP contribution in [0.1, 0.15) is 18.2 Å². The molecule has 1 N–H and O–H groups in total. The van der Waals surface area contributed by atoms with Gasteiger partial charge in [0.05, 0.1) is 30.8 Å². The van der Waals surface area contributed by atoms with Crippen LogP contribution in [0, 0.1) is 11.6 Å². The molecule has 1 atom stereocenters. The Labute approximate surface area is 173 Å². The van der Waals surface area contributed by atoms with Gasteiger partial charge in [-0.05, 0) is 33.6 Å². The molecule has 2 aliphatic heterocycles. The third-order valence-electron chi connectivity index (χ3n) is 4.90. The van der Waals surface area contributed by atoms with Crippen LogP contribution in [0.25, 0.3) is 5.57 Å². The van der Waals surface area contributed by atoms with E-state index in [2.05, 4.69) is 26.2 Å². The Morgan fingerprint density at radius 1 is 1.38 bits per heavy atom. The van der Waals surface area contributed by atoms with E-state index in [-0.39, 0.29) is 30.2 Å². The van der Waals surface area contributed by atoms with Crippen LogP contribution in [0.5, 0.6) is 0 Å². The maximum Gasteiger partial charge on any atom is 0.414 e. The molecule has 152 valence electrons. The Hall–Kier alpha value is -2.75. The number of halogens is 3. The topological polar surface area (TPSA) is 76.5 Å². The lowest BCUT2D eigenvalue weighted by Gasteiger charge is -2.19. The first-order valence-corrected chi connectivity index (χ1v) is 9.73. The van der Waals surface area contributed by atoms with Crippen molar-refractivity contribution in [2.24, 2.45) is 0 Å². The first kappa shape index (κ1) is 19.6. The normalized spacial score (nSPS) is 18.3. The Bertz CT molecular complexity index is 1010. The average Bonchev–Trinajstić information content (AvgIpc) is 3.22. The molecular weight excluding hydrogens is 450 g/mol. The molecule has 7 nitrogen and oxygen atoms in total. The quantitative estimate of drug-likeness (QED) is 0.751. The van der Waals surface area contributed by atoms with E-state index in [1.807, 2.05) is 4.57 Å². The van der Waals surface area contributed by atoms with Gasteiger partial charge in [0.2, 0.25) is 5.91 Å². The minimum Gasteiger partial charge on any atom is -0.442 e. The number of imidazole rings is 1. The van der Waals surface area contributed by atoms with Crippen molar-refractivity contribution in [3.8, 4) is 0 Å². The lowest BCUT2D eigenvalue weighted by Crippen LogP contribution is -2.33. The van der Waals surface area contributed by atoms with Gasteiger partial charge in [0, 0.05) is 25.5 Å². The van der Waals surface area contributed by atoms with Crippen LogP contribution in [-0.2, 0) is 22.5 Å². The minimum absolute atomic E-state index is 0.0710. The number of nitrogens with zero attached hydrogens (tertiary/aromatic N) is 3. The SMILES string of the molecule is CC(=O)NC[C@H]1CN(c2cc(F)c(C3=CCn4cnc(Br)c4C3)c(F)c2)C(=O)O1. The molecule has 1 fully saturated rings. The van der Waals surface area contributed by atoms with Gasteiger partial charge in [-0.1, -0.05) is 6.08 Å². The summed E-state index contributed by atoms with van der Waals surface area (Å²) < 4.78 is 37.4. The van der Waals surface area contributed by atoms with E-state index < -0.39 is 23.8 Å². The van der Waals surface area contributed by atoms with Crippen molar-refractivity contribution in [3.63, 3.8) is 0 Å². The zero-order valence-electron chi connectivity index (χ0n) is 15.4. The van der Waals surface area contributed by atoms with Gasteiger partial charge in [-0.3, -0.25) is 9.69 Å². The monoisotopic (exact) mass is 466 g/mol. The van der Waals surface area contributed by atoms with E-state index >= 15 is 0 Å². The van der Waals surface area contributed by atoms with E-state index in [9.17, 15) is 18.4 Å². The maximum absolute atomic E-state index is 14.9. The summed E-state index contributed by atoms with van der Waals surface area (Å²) in [5.41, 5.74) is 1.32. The number of aromatic nitrogens is 2. The smallest absolute Gasteiger partial charge is 0.414 e. The second-order valence-corrected chi connectivity index (χ2v) is 7.63. The van der Waals surface area contributed by atoms with E-state index in [1.54, 1.807) is 12.4 Å². The molecule has 0 radical (unpaired) electrons. The fraction of sp³-hybridized carbons (Fsp3) is 0.316. The standard InChI is InChI=1S/C19H17BrF2N4O3/c1-10(27)23-7-13-8-26(19(28)29-13)12-5-14(21)17(15(22)6-12)11-2-3-25-9-24-18(20)16(25)4-11/h2,5-6,9,13H,3-4,7-8H2,1H3,(H,23,27)/t13-/m0/s1. The number of fused-ring (bicyclic) bond motifs is 1. The second kappa shape index (κ2) is 7.58. The number of amides is 2. The molecule has 2 aliphatic rings. The molecule has 0 spiro atoms. The fourth-order valence-electron chi connectivity index (χ4n) is 3.49. The molecular formula is C19H17BrF2N4O3. The van der Waals surface area contributed by atoms with Crippen molar-refractivity contribution >= 4 is 39.2 Å². The van der Waals surface area contributed by atoms with Gasteiger partial charge < -0.3 is 14.6 Å². The molecule has 3 heterocycles. The molecule has 0 saturated carbocycles. The van der Waals surface area contributed by atoms with Crippen LogP contribution in [0.15, 0.2) is 29.1 Å². The number of anilines is 1. The van der Waals surface area contributed by atoms with Crippen LogP contribution < -0.4 is 10.2 Å². The predicted molar refractivity (Wildman–Crippen MR) is 104 cm³/mol. The van der Waals surface area contributed by atoms with Gasteiger partial charge in [0.25, 0.3) is 0 Å². The molecule has 1 aromatic heterocycles. The first-order valence-electron chi connectivity index (χ1n) is 8.94.